The van der Waals surface area contributed by atoms with E-state index in [1.165, 1.54) is 0 Å². The number of hydrogen-bond acceptors (Lipinski definition) is 12. The number of carbonyl (C=O) groups excluding carboxylic acids is 1. The highest BCUT2D eigenvalue weighted by atomic mass is 16.6. The van der Waals surface area contributed by atoms with Gasteiger partial charge >= 0.3 is 6.09 Å². The van der Waals surface area contributed by atoms with Crippen LogP contribution in [0.5, 0.6) is 11.5 Å². The molecule has 5 N–H and O–H groups in total. The van der Waals surface area contributed by atoms with Crippen LogP contribution in [0.2, 0.25) is 0 Å². The minimum atomic E-state index is -0.443. The van der Waals surface area contributed by atoms with Crippen molar-refractivity contribution in [1.29, 1.82) is 0 Å². The summed E-state index contributed by atoms with van der Waals surface area (Å²) in [6.45, 7) is 7.69. The van der Waals surface area contributed by atoms with Gasteiger partial charge in [0.1, 0.15) is 29.7 Å². The molecule has 2 atom stereocenters. The first-order chi connectivity index (χ1) is 26.7. The zero-order valence-corrected chi connectivity index (χ0v) is 31.3. The molecule has 2 aliphatic heterocycles. The molecule has 284 valence electrons. The largest absolute Gasteiger partial charge is 0.507 e. The minimum absolute atomic E-state index is 0.0425. The van der Waals surface area contributed by atoms with Crippen LogP contribution < -0.4 is 20.9 Å². The molecule has 8 rings (SSSR count). The third kappa shape index (κ3) is 8.53. The zero-order chi connectivity index (χ0) is 38.5. The monoisotopic (exact) mass is 742 g/mol. The molecular formula is C42H46N8O5. The van der Waals surface area contributed by atoms with Crippen molar-refractivity contribution in [1.82, 2.24) is 25.3 Å². The fourth-order valence-corrected chi connectivity index (χ4v) is 6.97. The number of phenols is 2. The van der Waals surface area contributed by atoms with E-state index in [1.54, 1.807) is 37.4 Å². The number of nitrogens with one attached hydrogen (secondary N) is 1. The van der Waals surface area contributed by atoms with E-state index in [-0.39, 0.29) is 30.2 Å². The van der Waals surface area contributed by atoms with Gasteiger partial charge in [-0.3, -0.25) is 0 Å². The summed E-state index contributed by atoms with van der Waals surface area (Å²) in [6, 6.07) is 26.6. The number of carbonyl (C=O) groups is 1. The smallest absolute Gasteiger partial charge is 0.407 e. The van der Waals surface area contributed by atoms with E-state index in [9.17, 15) is 15.0 Å². The van der Waals surface area contributed by atoms with E-state index in [0.29, 0.717) is 35.9 Å². The summed E-state index contributed by atoms with van der Waals surface area (Å²) in [6.07, 6.45) is 1.30. The lowest BCUT2D eigenvalue weighted by atomic mass is 10.1. The van der Waals surface area contributed by atoms with E-state index < -0.39 is 6.09 Å². The molecule has 0 unspecified atom stereocenters. The first-order valence-electron chi connectivity index (χ1n) is 18.5. The standard InChI is InChI=1S/C23H26N4O4.C19H20N4O/c1-15-7-8-17-19(13-15)25-21(18-5-3-4-6-20(18)28)26-22(17)27-10-9-16(14-27)24-23(29)31-12-11-30-2;1-12-6-7-14-16(10-12)21-18(15-4-2-3-5-17(15)24)22-19(14)23-9-8-13(20)11-23/h3-8,13,16,28H,9-12,14H2,1-2H3,(H,24,29);2-7,10,13,24H,8-9,11,20H2,1H3/t16-;13-/m11/s1. The molecule has 13 heteroatoms. The predicted molar refractivity (Wildman–Crippen MR) is 215 cm³/mol. The molecule has 13 nitrogen and oxygen atoms in total. The van der Waals surface area contributed by atoms with E-state index in [0.717, 1.165) is 77.0 Å². The van der Waals surface area contributed by atoms with Crippen molar-refractivity contribution in [2.45, 2.75) is 38.8 Å². The van der Waals surface area contributed by atoms with Gasteiger partial charge in [-0.15, -0.1) is 0 Å². The van der Waals surface area contributed by atoms with Crippen LogP contribution in [0.4, 0.5) is 16.4 Å². The number of rotatable bonds is 8. The normalized spacial score (nSPS) is 16.7. The number of aromatic nitrogens is 4. The number of nitrogens with two attached hydrogens (primary N) is 1. The number of fused-ring (bicyclic) bond motifs is 2. The number of ether oxygens (including phenoxy) is 2. The summed E-state index contributed by atoms with van der Waals surface area (Å²) in [5.74, 6) is 3.03. The molecule has 0 spiro atoms. The van der Waals surface area contributed by atoms with Gasteiger partial charge in [0.05, 0.1) is 34.8 Å². The van der Waals surface area contributed by atoms with Gasteiger partial charge in [0, 0.05) is 50.1 Å². The molecule has 1 amide bonds. The van der Waals surface area contributed by atoms with Crippen molar-refractivity contribution >= 4 is 39.5 Å². The number of benzene rings is 4. The summed E-state index contributed by atoms with van der Waals surface area (Å²) in [7, 11) is 1.56. The highest BCUT2D eigenvalue weighted by Gasteiger charge is 2.28. The highest BCUT2D eigenvalue weighted by molar-refractivity contribution is 5.93. The lowest BCUT2D eigenvalue weighted by Crippen LogP contribution is -2.38. The summed E-state index contributed by atoms with van der Waals surface area (Å²) in [5.41, 5.74) is 11.3. The van der Waals surface area contributed by atoms with Gasteiger partial charge in [0.2, 0.25) is 0 Å². The van der Waals surface area contributed by atoms with Gasteiger partial charge in [-0.05, 0) is 86.3 Å². The molecule has 0 radical (unpaired) electrons. The van der Waals surface area contributed by atoms with E-state index >= 15 is 0 Å². The van der Waals surface area contributed by atoms with Crippen molar-refractivity contribution in [2.24, 2.45) is 5.73 Å². The number of alkyl carbamates (subject to hydrolysis) is 1. The van der Waals surface area contributed by atoms with Crippen LogP contribution in [-0.2, 0) is 9.47 Å². The molecule has 55 heavy (non-hydrogen) atoms. The Morgan fingerprint density at radius 1 is 0.745 bits per heavy atom. The third-order valence-corrected chi connectivity index (χ3v) is 9.81. The fourth-order valence-electron chi connectivity index (χ4n) is 6.97. The van der Waals surface area contributed by atoms with Crippen molar-refractivity contribution in [2.75, 3.05) is 56.3 Å². The van der Waals surface area contributed by atoms with Gasteiger partial charge in [0.25, 0.3) is 0 Å². The first kappa shape index (κ1) is 37.3. The van der Waals surface area contributed by atoms with Crippen molar-refractivity contribution < 1.29 is 24.5 Å². The minimum Gasteiger partial charge on any atom is -0.507 e. The third-order valence-electron chi connectivity index (χ3n) is 9.81. The van der Waals surface area contributed by atoms with Crippen LogP contribution in [0.15, 0.2) is 84.9 Å². The van der Waals surface area contributed by atoms with E-state index in [1.807, 2.05) is 50.2 Å². The Bertz CT molecular complexity index is 2320. The second-order valence-electron chi connectivity index (χ2n) is 14.0. The number of aromatic hydroxyl groups is 2. The Hall–Kier alpha value is -6.05. The molecule has 0 bridgehead atoms. The topological polar surface area (TPSA) is 172 Å². The average molecular weight is 743 g/mol. The van der Waals surface area contributed by atoms with Crippen LogP contribution in [-0.4, -0.2) is 94.8 Å². The maximum atomic E-state index is 12.0. The fraction of sp³-hybridized carbons (Fsp3) is 0.310. The van der Waals surface area contributed by atoms with Crippen LogP contribution in [0.3, 0.4) is 0 Å². The van der Waals surface area contributed by atoms with Gasteiger partial charge < -0.3 is 40.5 Å². The van der Waals surface area contributed by atoms with Crippen molar-refractivity contribution in [3.05, 3.63) is 96.1 Å². The van der Waals surface area contributed by atoms with Gasteiger partial charge in [-0.1, -0.05) is 36.4 Å². The average Bonchev–Trinajstić information content (AvgIpc) is 3.83. The van der Waals surface area contributed by atoms with Crippen molar-refractivity contribution in [3.8, 4) is 34.3 Å². The SMILES string of the molecule is COCCOC(=O)N[C@@H]1CCN(c2nc(-c3ccccc3O)nc3cc(C)ccc23)C1.Cc1ccc2c(N3CC[C@@H](N)C3)nc(-c3ccccc3O)nc2c1. The van der Waals surface area contributed by atoms with Crippen LogP contribution in [0.25, 0.3) is 44.6 Å². The van der Waals surface area contributed by atoms with Crippen LogP contribution >= 0.6 is 0 Å². The number of aryl methyl sites for hydroxylation is 2. The molecular weight excluding hydrogens is 697 g/mol. The lowest BCUT2D eigenvalue weighted by molar-refractivity contribution is 0.0969. The molecule has 4 aromatic carbocycles. The summed E-state index contributed by atoms with van der Waals surface area (Å²) < 4.78 is 10.0. The summed E-state index contributed by atoms with van der Waals surface area (Å²) in [4.78, 5) is 35.3. The van der Waals surface area contributed by atoms with Gasteiger partial charge in [-0.2, -0.15) is 0 Å². The number of anilines is 2. The molecule has 2 aromatic heterocycles. The summed E-state index contributed by atoms with van der Waals surface area (Å²) >= 11 is 0. The molecule has 2 fully saturated rings. The number of hydrogen-bond donors (Lipinski definition) is 4. The Kier molecular flexibility index (Phi) is 11.2. The Balaban J connectivity index is 0.000000174. The first-order valence-corrected chi connectivity index (χ1v) is 18.5. The molecule has 0 saturated carbocycles. The number of nitrogens with zero attached hydrogens (tertiary/aromatic N) is 6. The number of para-hydroxylation sites is 2. The van der Waals surface area contributed by atoms with Gasteiger partial charge in [-0.25, -0.2) is 24.7 Å². The van der Waals surface area contributed by atoms with E-state index in [4.69, 9.17) is 30.2 Å². The summed E-state index contributed by atoms with van der Waals surface area (Å²) in [5, 5.41) is 25.4. The lowest BCUT2D eigenvalue weighted by Gasteiger charge is -2.21. The van der Waals surface area contributed by atoms with Crippen molar-refractivity contribution in [3.63, 3.8) is 0 Å². The second-order valence-corrected chi connectivity index (χ2v) is 14.0. The molecule has 2 aliphatic rings. The molecule has 2 saturated heterocycles. The molecule has 6 aromatic rings. The maximum absolute atomic E-state index is 12.0. The Morgan fingerprint density at radius 3 is 1.78 bits per heavy atom. The van der Waals surface area contributed by atoms with Crippen LogP contribution in [0.1, 0.15) is 24.0 Å². The second kappa shape index (κ2) is 16.5. The number of methoxy groups -OCH3 is 1. The van der Waals surface area contributed by atoms with E-state index in [2.05, 4.69) is 38.3 Å². The predicted octanol–water partition coefficient (Wildman–Crippen LogP) is 6.11. The zero-order valence-electron chi connectivity index (χ0n) is 31.3. The molecule has 0 aliphatic carbocycles. The van der Waals surface area contributed by atoms with Crippen LogP contribution in [0, 0.1) is 13.8 Å². The van der Waals surface area contributed by atoms with Gasteiger partial charge in [0.15, 0.2) is 11.6 Å². The quantitative estimate of drug-likeness (QED) is 0.132. The number of phenolic OH excluding ortho intramolecular Hbond substituents is 2. The maximum Gasteiger partial charge on any atom is 0.407 e. The molecule has 4 heterocycles. The Labute approximate surface area is 319 Å². The Morgan fingerprint density at radius 2 is 1.27 bits per heavy atom. The number of amides is 1. The highest BCUT2D eigenvalue weighted by Crippen LogP contribution is 2.35.